The van der Waals surface area contributed by atoms with Crippen LogP contribution in [0, 0.1) is 15.9 Å². The van der Waals surface area contributed by atoms with E-state index < -0.39 is 52.3 Å². The van der Waals surface area contributed by atoms with Crippen LogP contribution in [0.1, 0.15) is 61.9 Å². The number of carboxylic acids is 1. The van der Waals surface area contributed by atoms with Crippen molar-refractivity contribution >= 4 is 58.5 Å². The minimum atomic E-state index is -1.37. The average Bonchev–Trinajstić information content (AvgIpc) is 3.85. The summed E-state index contributed by atoms with van der Waals surface area (Å²) < 4.78 is 30.0. The third kappa shape index (κ3) is 10.5. The molecule has 2 saturated heterocycles. The summed E-state index contributed by atoms with van der Waals surface area (Å²) in [6.07, 6.45) is 6.86. The average molecular weight is 796 g/mol. The van der Waals surface area contributed by atoms with Gasteiger partial charge in [-0.15, -0.1) is 0 Å². The maximum absolute atomic E-state index is 13.5. The van der Waals surface area contributed by atoms with Gasteiger partial charge in [0.25, 0.3) is 5.91 Å². The molecule has 0 aliphatic carbocycles. The quantitative estimate of drug-likeness (QED) is 0.187. The predicted molar refractivity (Wildman–Crippen MR) is 195 cm³/mol. The van der Waals surface area contributed by atoms with Crippen LogP contribution in [0.2, 0.25) is 10.0 Å². The number of fused-ring (bicyclic) bond motifs is 5. The molecule has 292 valence electrons. The predicted octanol–water partition coefficient (Wildman–Crippen LogP) is 5.82. The number of likely N-dealkylation sites (N-methyl/N-ethyl adjacent to an activating group) is 1. The summed E-state index contributed by atoms with van der Waals surface area (Å²) in [6, 6.07) is 3.96. The van der Waals surface area contributed by atoms with Gasteiger partial charge in [-0.05, 0) is 50.5 Å². The van der Waals surface area contributed by atoms with E-state index in [9.17, 15) is 38.8 Å². The van der Waals surface area contributed by atoms with Gasteiger partial charge in [-0.1, -0.05) is 47.0 Å². The Hall–Kier alpha value is -4.77. The summed E-state index contributed by atoms with van der Waals surface area (Å²) in [4.78, 5) is 59.7. The molecule has 3 heterocycles. The first-order valence-corrected chi connectivity index (χ1v) is 17.5. The highest BCUT2D eigenvalue weighted by atomic mass is 35.5. The number of alkyl carbamates (subject to hydrolysis) is 1. The van der Waals surface area contributed by atoms with Gasteiger partial charge >= 0.3 is 17.7 Å². The van der Waals surface area contributed by atoms with Gasteiger partial charge in [0.1, 0.15) is 28.6 Å². The number of ether oxygens (including phenoxy) is 3. The van der Waals surface area contributed by atoms with Crippen molar-refractivity contribution < 1.29 is 52.9 Å². The van der Waals surface area contributed by atoms with Crippen molar-refractivity contribution in [2.75, 3.05) is 26.1 Å². The molecule has 3 N–H and O–H groups in total. The minimum absolute atomic E-state index is 0.0777. The van der Waals surface area contributed by atoms with E-state index in [4.69, 9.17) is 42.5 Å². The van der Waals surface area contributed by atoms with Gasteiger partial charge in [0.2, 0.25) is 11.7 Å². The number of halogens is 3. The van der Waals surface area contributed by atoms with Gasteiger partial charge in [-0.25, -0.2) is 9.59 Å². The molecule has 0 spiro atoms. The Balaban J connectivity index is 0.000000278. The summed E-state index contributed by atoms with van der Waals surface area (Å²) in [6.45, 7) is 3.26. The summed E-state index contributed by atoms with van der Waals surface area (Å²) in [5.41, 5.74) is 0.0505. The molecule has 15 nitrogen and oxygen atoms in total. The third-order valence-electron chi connectivity index (χ3n) is 9.21. The van der Waals surface area contributed by atoms with Gasteiger partial charge in [0.15, 0.2) is 0 Å². The molecule has 54 heavy (non-hydrogen) atoms. The van der Waals surface area contributed by atoms with Crippen molar-refractivity contribution in [1.29, 1.82) is 0 Å². The van der Waals surface area contributed by atoms with Gasteiger partial charge in [-0.2, -0.15) is 4.39 Å². The van der Waals surface area contributed by atoms with Crippen LogP contribution in [0.25, 0.3) is 0 Å². The van der Waals surface area contributed by atoms with Crippen LogP contribution in [0.3, 0.4) is 0 Å². The zero-order chi connectivity index (χ0) is 40.1. The lowest BCUT2D eigenvalue weighted by atomic mass is 9.96. The Morgan fingerprint density at radius 1 is 1.22 bits per heavy atom. The molecular formula is C36H41Cl2FN4O11. The Morgan fingerprint density at radius 2 is 1.93 bits per heavy atom. The second kappa shape index (κ2) is 17.6. The molecule has 2 fully saturated rings. The molecule has 5 atom stereocenters. The van der Waals surface area contributed by atoms with E-state index in [2.05, 4.69) is 5.32 Å². The van der Waals surface area contributed by atoms with Crippen LogP contribution in [-0.4, -0.2) is 95.2 Å². The molecule has 18 heteroatoms. The summed E-state index contributed by atoms with van der Waals surface area (Å²) >= 11 is 12.2. The van der Waals surface area contributed by atoms with E-state index >= 15 is 0 Å². The molecule has 0 radical (unpaired) electrons. The second-order valence-corrected chi connectivity index (χ2v) is 14.0. The number of nitrogens with zero attached hydrogens (tertiary/aromatic N) is 3. The third-order valence-corrected chi connectivity index (χ3v) is 9.90. The van der Waals surface area contributed by atoms with Crippen molar-refractivity contribution in [2.24, 2.45) is 0 Å². The van der Waals surface area contributed by atoms with Crippen molar-refractivity contribution in [3.05, 3.63) is 85.2 Å². The van der Waals surface area contributed by atoms with Gasteiger partial charge in [0, 0.05) is 45.8 Å². The number of nitro groups is 1. The fourth-order valence-electron chi connectivity index (χ4n) is 5.95. The Morgan fingerprint density at radius 3 is 2.57 bits per heavy atom. The van der Waals surface area contributed by atoms with E-state index in [-0.39, 0.29) is 41.5 Å². The highest BCUT2D eigenvalue weighted by molar-refractivity contribution is 6.35. The highest BCUT2D eigenvalue weighted by Crippen LogP contribution is 2.38. The lowest BCUT2D eigenvalue weighted by molar-refractivity contribution is -0.387. The second-order valence-electron chi connectivity index (χ2n) is 13.3. The van der Waals surface area contributed by atoms with Crippen molar-refractivity contribution in [3.63, 3.8) is 0 Å². The lowest BCUT2D eigenvalue weighted by Gasteiger charge is -2.36. The van der Waals surface area contributed by atoms with E-state index in [1.54, 1.807) is 19.1 Å². The van der Waals surface area contributed by atoms with Gasteiger partial charge in [0.05, 0.1) is 40.5 Å². The SMILES string of the molecule is COc1cc2cc(c1Cl)N(C)C(=O)CCC1O[C@H]1CC1C[C@](O)(C/C=C/C=C(\C)C2)NC(=O)O1.C[C@@H](C(=O)O)N(C)C(=O)c1cc(F)c([N+](=O)[O-])cc1Cl. The molecular weight excluding hydrogens is 754 g/mol. The first-order chi connectivity index (χ1) is 25.3. The number of aliphatic carboxylic acids is 1. The number of benzene rings is 2. The number of nitro benzene ring substituents is 1. The molecule has 3 aliphatic rings. The number of rotatable bonds is 5. The number of carbonyl (C=O) groups is 4. The fraction of sp³-hybridized carbons (Fsp3) is 0.444. The van der Waals surface area contributed by atoms with Crippen molar-refractivity contribution in [3.8, 4) is 5.75 Å². The van der Waals surface area contributed by atoms with Crippen molar-refractivity contribution in [1.82, 2.24) is 10.2 Å². The smallest absolute Gasteiger partial charge is 0.409 e. The number of nitrogens with one attached hydrogen (secondary N) is 1. The van der Waals surface area contributed by atoms with E-state index in [0.717, 1.165) is 16.0 Å². The number of epoxide rings is 1. The van der Waals surface area contributed by atoms with Crippen LogP contribution in [0.4, 0.5) is 20.6 Å². The Bertz CT molecular complexity index is 1880. The van der Waals surface area contributed by atoms with E-state index in [1.807, 2.05) is 37.3 Å². The first kappa shape index (κ1) is 42.0. The molecule has 0 aromatic heterocycles. The molecule has 2 aromatic rings. The fourth-order valence-corrected chi connectivity index (χ4v) is 6.51. The summed E-state index contributed by atoms with van der Waals surface area (Å²) in [5.74, 6) is -2.89. The number of methoxy groups -OCH3 is 1. The van der Waals surface area contributed by atoms with Gasteiger partial charge in [-0.3, -0.25) is 25.0 Å². The molecule has 4 bridgehead atoms. The minimum Gasteiger partial charge on any atom is -0.495 e. The number of carbonyl (C=O) groups excluding carboxylic acids is 3. The van der Waals surface area contributed by atoms with E-state index in [1.165, 1.54) is 14.0 Å². The Labute approximate surface area is 320 Å². The number of amides is 3. The molecule has 5 rings (SSSR count). The molecule has 2 unspecified atom stereocenters. The van der Waals surface area contributed by atoms with Crippen LogP contribution < -0.4 is 15.0 Å². The standard InChI is InChI=1S/C25H31ClN2O6.C11H10ClFN2O5/c1-15-6-4-5-9-25(31)14-17(33-24(30)27-25)13-20-19(34-20)7-8-22(29)28(2)18-11-16(10-15)12-21(32-3)23(18)26;1-5(11(17)18)14(2)10(16)6-3-8(13)9(15(19)20)4-7(6)12/h4-6,11-12,17,19-20,31H,7-10,13-14H2,1-3H3,(H,27,30);3-5H,1-2H3,(H,17,18)/b5-4+,15-6+;/t17?,19?,20-,25+;5-/m00/s1. The topological polar surface area (TPSA) is 201 Å². The van der Waals surface area contributed by atoms with Crippen LogP contribution in [-0.2, 0) is 25.5 Å². The number of hydrogen-bond donors (Lipinski definition) is 3. The monoisotopic (exact) mass is 794 g/mol. The van der Waals surface area contributed by atoms with E-state index in [0.29, 0.717) is 54.3 Å². The normalized spacial score (nSPS) is 24.9. The van der Waals surface area contributed by atoms with Crippen molar-refractivity contribution in [2.45, 2.75) is 82.5 Å². The number of hydrogen-bond acceptors (Lipinski definition) is 10. The highest BCUT2D eigenvalue weighted by Gasteiger charge is 2.45. The first-order valence-electron chi connectivity index (χ1n) is 16.8. The number of carboxylic acid groups (broad SMARTS) is 1. The maximum atomic E-state index is 13.5. The van der Waals surface area contributed by atoms with Crippen LogP contribution >= 0.6 is 23.2 Å². The van der Waals surface area contributed by atoms with Crippen LogP contribution in [0.5, 0.6) is 5.75 Å². The molecule has 3 aliphatic heterocycles. The van der Waals surface area contributed by atoms with Crippen LogP contribution in [0.15, 0.2) is 48.1 Å². The number of allylic oxidation sites excluding steroid dienone is 3. The zero-order valence-electron chi connectivity index (χ0n) is 30.1. The number of aliphatic hydroxyl groups is 1. The Kier molecular flexibility index (Phi) is 13.7. The molecule has 2 aromatic carbocycles. The lowest BCUT2D eigenvalue weighted by Crippen LogP contribution is -2.56. The zero-order valence-corrected chi connectivity index (χ0v) is 31.6. The maximum Gasteiger partial charge on any atom is 0.409 e. The summed E-state index contributed by atoms with van der Waals surface area (Å²) in [5, 5.41) is 32.8. The summed E-state index contributed by atoms with van der Waals surface area (Å²) in [7, 11) is 4.47. The number of anilines is 1. The molecule has 3 amide bonds. The van der Waals surface area contributed by atoms with Gasteiger partial charge < -0.3 is 34.2 Å². The largest absolute Gasteiger partial charge is 0.495 e. The molecule has 0 saturated carbocycles.